The maximum Gasteiger partial charge on any atom is 0.238 e. The minimum absolute atomic E-state index is 0.0895. The molecule has 0 bridgehead atoms. The van der Waals surface area contributed by atoms with Crippen molar-refractivity contribution in [3.63, 3.8) is 0 Å². The molecule has 1 rings (SSSR count). The van der Waals surface area contributed by atoms with Crippen LogP contribution in [0.2, 0.25) is 0 Å². The van der Waals surface area contributed by atoms with Gasteiger partial charge in [-0.15, -0.1) is 0 Å². The first-order valence-corrected chi connectivity index (χ1v) is 6.62. The van der Waals surface area contributed by atoms with E-state index in [0.29, 0.717) is 23.1 Å². The Morgan fingerprint density at radius 3 is 2.88 bits per heavy atom. The lowest BCUT2D eigenvalue weighted by molar-refractivity contribution is 0.401. The molecule has 0 aromatic carbocycles. The molecule has 2 unspecified atom stereocenters. The monoisotopic (exact) mass is 243 g/mol. The van der Waals surface area contributed by atoms with Crippen LogP contribution >= 0.6 is 0 Å². The Morgan fingerprint density at radius 1 is 1.62 bits per heavy atom. The van der Waals surface area contributed by atoms with Crippen molar-refractivity contribution in [2.75, 3.05) is 30.2 Å². The first-order valence-electron chi connectivity index (χ1n) is 4.90. The minimum atomic E-state index is -0.827. The van der Waals surface area contributed by atoms with Crippen LogP contribution in [0.3, 0.4) is 0 Å². The van der Waals surface area contributed by atoms with E-state index in [-0.39, 0.29) is 6.04 Å². The average Bonchev–Trinajstić information content (AvgIpc) is 2.19. The maximum absolute atomic E-state index is 11.0. The normalized spacial score (nSPS) is 14.2. The van der Waals surface area contributed by atoms with Crippen molar-refractivity contribution in [2.24, 2.45) is 0 Å². The fourth-order valence-corrected chi connectivity index (χ4v) is 2.13. The third kappa shape index (κ3) is 3.69. The molecule has 0 aliphatic rings. The molecule has 0 spiro atoms. The Morgan fingerprint density at radius 2 is 2.31 bits per heavy atom. The molecular formula is C10H17N3O2S. The van der Waals surface area contributed by atoms with Gasteiger partial charge in [0, 0.05) is 28.9 Å². The fraction of sp³-hybridized carbons (Fsp3) is 0.500. The van der Waals surface area contributed by atoms with Gasteiger partial charge < -0.3 is 15.8 Å². The van der Waals surface area contributed by atoms with Crippen LogP contribution in [-0.4, -0.2) is 34.4 Å². The number of hydrogen-bond donors (Lipinski definition) is 2. The van der Waals surface area contributed by atoms with Gasteiger partial charge in [0.15, 0.2) is 0 Å². The number of pyridine rings is 1. The van der Waals surface area contributed by atoms with E-state index < -0.39 is 10.8 Å². The highest BCUT2D eigenvalue weighted by molar-refractivity contribution is 7.84. The molecule has 0 radical (unpaired) electrons. The van der Waals surface area contributed by atoms with Gasteiger partial charge in [0.25, 0.3) is 0 Å². The molecule has 0 fully saturated rings. The first-order chi connectivity index (χ1) is 7.52. The van der Waals surface area contributed by atoms with Crippen LogP contribution in [0.4, 0.5) is 11.5 Å². The van der Waals surface area contributed by atoms with Crippen molar-refractivity contribution >= 4 is 22.3 Å². The van der Waals surface area contributed by atoms with E-state index in [1.54, 1.807) is 18.4 Å². The Bertz CT molecular complexity index is 384. The summed E-state index contributed by atoms with van der Waals surface area (Å²) in [6, 6.07) is 3.59. The molecule has 1 aromatic heterocycles. The van der Waals surface area contributed by atoms with Crippen molar-refractivity contribution in [2.45, 2.75) is 13.0 Å². The van der Waals surface area contributed by atoms with Crippen LogP contribution in [0.15, 0.2) is 12.1 Å². The van der Waals surface area contributed by atoms with Crippen LogP contribution in [-0.2, 0) is 10.8 Å². The van der Waals surface area contributed by atoms with E-state index in [1.165, 1.54) is 7.11 Å². The molecule has 0 aliphatic heterocycles. The molecule has 2 atom stereocenters. The van der Waals surface area contributed by atoms with Gasteiger partial charge in [-0.1, -0.05) is 0 Å². The largest absolute Gasteiger partial charge is 0.479 e. The summed E-state index contributed by atoms with van der Waals surface area (Å²) < 4.78 is 16.0. The molecule has 0 saturated carbocycles. The molecule has 0 amide bonds. The quantitative estimate of drug-likeness (QED) is 0.801. The summed E-state index contributed by atoms with van der Waals surface area (Å²) >= 11 is 0. The number of aromatic nitrogens is 1. The van der Waals surface area contributed by atoms with Gasteiger partial charge in [-0.05, 0) is 19.1 Å². The van der Waals surface area contributed by atoms with Gasteiger partial charge in [-0.3, -0.25) is 4.21 Å². The third-order valence-corrected chi connectivity index (χ3v) is 2.93. The molecule has 1 aromatic rings. The molecule has 6 heteroatoms. The van der Waals surface area contributed by atoms with E-state index in [1.807, 2.05) is 6.92 Å². The number of hydrogen-bond acceptors (Lipinski definition) is 5. The number of anilines is 2. The van der Waals surface area contributed by atoms with Gasteiger partial charge in [0.1, 0.15) is 5.82 Å². The highest BCUT2D eigenvalue weighted by Gasteiger charge is 2.07. The second-order valence-corrected chi connectivity index (χ2v) is 5.06. The molecule has 0 aliphatic carbocycles. The van der Waals surface area contributed by atoms with Crippen molar-refractivity contribution in [1.82, 2.24) is 4.98 Å². The predicted molar refractivity (Wildman–Crippen MR) is 67.2 cm³/mol. The minimum Gasteiger partial charge on any atom is -0.479 e. The molecule has 16 heavy (non-hydrogen) atoms. The summed E-state index contributed by atoms with van der Waals surface area (Å²) in [5, 5.41) is 3.14. The van der Waals surface area contributed by atoms with Crippen molar-refractivity contribution in [1.29, 1.82) is 0 Å². The zero-order valence-corrected chi connectivity index (χ0v) is 10.5. The topological polar surface area (TPSA) is 77.2 Å². The second-order valence-electron chi connectivity index (χ2n) is 3.58. The van der Waals surface area contributed by atoms with Crippen LogP contribution in [0.5, 0.6) is 5.88 Å². The van der Waals surface area contributed by atoms with E-state index >= 15 is 0 Å². The Labute approximate surface area is 97.9 Å². The van der Waals surface area contributed by atoms with Crippen LogP contribution < -0.4 is 15.8 Å². The van der Waals surface area contributed by atoms with E-state index in [2.05, 4.69) is 10.3 Å². The van der Waals surface area contributed by atoms with Crippen LogP contribution in [0, 0.1) is 0 Å². The number of nitrogen functional groups attached to an aromatic ring is 1. The van der Waals surface area contributed by atoms with Gasteiger partial charge in [0.2, 0.25) is 5.88 Å². The zero-order valence-electron chi connectivity index (χ0n) is 9.69. The van der Waals surface area contributed by atoms with E-state index in [9.17, 15) is 4.21 Å². The lowest BCUT2D eigenvalue weighted by Crippen LogP contribution is -2.22. The first kappa shape index (κ1) is 12.8. The number of methoxy groups -OCH3 is 1. The van der Waals surface area contributed by atoms with E-state index in [4.69, 9.17) is 10.5 Å². The van der Waals surface area contributed by atoms with Crippen LogP contribution in [0.25, 0.3) is 0 Å². The smallest absolute Gasteiger partial charge is 0.238 e. The third-order valence-electron chi connectivity index (χ3n) is 1.96. The summed E-state index contributed by atoms with van der Waals surface area (Å²) in [4.78, 5) is 4.18. The lowest BCUT2D eigenvalue weighted by Gasteiger charge is -2.14. The number of ether oxygens (including phenoxy) is 1. The van der Waals surface area contributed by atoms with Gasteiger partial charge in [-0.25, -0.2) is 0 Å². The van der Waals surface area contributed by atoms with Gasteiger partial charge >= 0.3 is 0 Å². The molecule has 3 N–H and O–H groups in total. The van der Waals surface area contributed by atoms with Crippen molar-refractivity contribution in [3.05, 3.63) is 12.1 Å². The molecule has 1 heterocycles. The lowest BCUT2D eigenvalue weighted by atomic mass is 10.3. The maximum atomic E-state index is 11.0. The highest BCUT2D eigenvalue weighted by Crippen LogP contribution is 2.20. The molecule has 0 saturated heterocycles. The predicted octanol–water partition coefficient (Wildman–Crippen LogP) is 0.851. The molecule has 90 valence electrons. The van der Waals surface area contributed by atoms with Gasteiger partial charge in [-0.2, -0.15) is 4.98 Å². The fourth-order valence-electron chi connectivity index (χ4n) is 1.34. The Balaban J connectivity index is 2.70. The standard InChI is InChI=1S/C10H17N3O2S/c1-7(6-16(3)14)12-9-5-4-8(11)10(13-9)15-2/h4-5,7H,6,11H2,1-3H3,(H,12,13). The molecular weight excluding hydrogens is 226 g/mol. The Hall–Kier alpha value is -1.30. The Kier molecular flexibility index (Phi) is 4.54. The van der Waals surface area contributed by atoms with Crippen LogP contribution in [0.1, 0.15) is 6.92 Å². The van der Waals surface area contributed by atoms with E-state index in [0.717, 1.165) is 0 Å². The van der Waals surface area contributed by atoms with Crippen molar-refractivity contribution < 1.29 is 8.95 Å². The SMILES string of the molecule is COc1nc(NC(C)CS(C)=O)ccc1N. The zero-order chi connectivity index (χ0) is 12.1. The summed E-state index contributed by atoms with van der Waals surface area (Å²) in [5.41, 5.74) is 6.15. The summed E-state index contributed by atoms with van der Waals surface area (Å²) in [6.07, 6.45) is 1.68. The summed E-state index contributed by atoms with van der Waals surface area (Å²) in [5.74, 6) is 1.65. The number of nitrogens with two attached hydrogens (primary N) is 1. The van der Waals surface area contributed by atoms with Crippen molar-refractivity contribution in [3.8, 4) is 5.88 Å². The highest BCUT2D eigenvalue weighted by atomic mass is 32.2. The number of rotatable bonds is 5. The molecule has 5 nitrogen and oxygen atoms in total. The number of nitrogens with one attached hydrogen (secondary N) is 1. The summed E-state index contributed by atoms with van der Waals surface area (Å²) in [6.45, 7) is 1.95. The number of nitrogens with zero attached hydrogens (tertiary/aromatic N) is 1. The average molecular weight is 243 g/mol. The summed E-state index contributed by atoms with van der Waals surface area (Å²) in [7, 11) is 0.694. The van der Waals surface area contributed by atoms with Gasteiger partial charge in [0.05, 0.1) is 12.8 Å². The second kappa shape index (κ2) is 5.69.